The minimum Gasteiger partial charge on any atom is -0.435 e. The van der Waals surface area contributed by atoms with Gasteiger partial charge in [0.1, 0.15) is 5.75 Å². The van der Waals surface area contributed by atoms with Crippen molar-refractivity contribution in [2.45, 2.75) is 25.6 Å². The van der Waals surface area contributed by atoms with E-state index in [1.807, 2.05) is 12.2 Å². The summed E-state index contributed by atoms with van der Waals surface area (Å²) in [6.07, 6.45) is 4.31. The van der Waals surface area contributed by atoms with E-state index in [0.29, 0.717) is 13.0 Å². The number of rotatable bonds is 5. The number of hydrogen-bond donors (Lipinski definition) is 1. The monoisotopic (exact) mass is 296 g/mol. The van der Waals surface area contributed by atoms with Crippen LogP contribution in [0.25, 0.3) is 0 Å². The van der Waals surface area contributed by atoms with Crippen LogP contribution in [0.5, 0.6) is 5.75 Å². The number of alkyl halides is 2. The minimum atomic E-state index is -2.83. The quantitative estimate of drug-likeness (QED) is 0.847. The first kappa shape index (κ1) is 15.4. The maximum absolute atomic E-state index is 12.2. The first-order valence-electron chi connectivity index (χ1n) is 6.68. The van der Waals surface area contributed by atoms with Gasteiger partial charge in [0, 0.05) is 19.6 Å². The fourth-order valence-corrected chi connectivity index (χ4v) is 2.32. The first-order chi connectivity index (χ1) is 9.95. The van der Waals surface area contributed by atoms with E-state index in [0.717, 1.165) is 5.56 Å². The SMILES string of the molecule is CN(Cc1ccc(OC(F)F)cc1)C(=O)C1C=CC(N)C1. The summed E-state index contributed by atoms with van der Waals surface area (Å²) in [4.78, 5) is 13.8. The average Bonchev–Trinajstić information content (AvgIpc) is 2.86. The highest BCUT2D eigenvalue weighted by Gasteiger charge is 2.25. The molecule has 0 radical (unpaired) electrons. The fraction of sp³-hybridized carbons (Fsp3) is 0.400. The van der Waals surface area contributed by atoms with Crippen LogP contribution < -0.4 is 10.5 Å². The Morgan fingerprint density at radius 2 is 2.05 bits per heavy atom. The molecular weight excluding hydrogens is 278 g/mol. The average molecular weight is 296 g/mol. The van der Waals surface area contributed by atoms with Gasteiger partial charge in [-0.3, -0.25) is 4.79 Å². The molecular formula is C15H18F2N2O2. The zero-order valence-electron chi connectivity index (χ0n) is 11.7. The van der Waals surface area contributed by atoms with Gasteiger partial charge in [-0.2, -0.15) is 8.78 Å². The second-order valence-corrected chi connectivity index (χ2v) is 5.11. The Bertz CT molecular complexity index is 517. The van der Waals surface area contributed by atoms with E-state index in [2.05, 4.69) is 4.74 Å². The van der Waals surface area contributed by atoms with Gasteiger partial charge in [-0.15, -0.1) is 0 Å². The molecule has 1 aliphatic rings. The Labute approximate surface area is 122 Å². The molecule has 1 aromatic carbocycles. The summed E-state index contributed by atoms with van der Waals surface area (Å²) in [5, 5.41) is 0. The lowest BCUT2D eigenvalue weighted by molar-refractivity contribution is -0.133. The topological polar surface area (TPSA) is 55.6 Å². The van der Waals surface area contributed by atoms with E-state index in [1.54, 1.807) is 24.1 Å². The molecule has 0 bridgehead atoms. The molecule has 2 atom stereocenters. The number of nitrogens with two attached hydrogens (primary N) is 1. The third kappa shape index (κ3) is 4.26. The Morgan fingerprint density at radius 3 is 2.57 bits per heavy atom. The molecule has 2 rings (SSSR count). The molecule has 1 aliphatic carbocycles. The zero-order chi connectivity index (χ0) is 15.4. The van der Waals surface area contributed by atoms with Gasteiger partial charge in [0.25, 0.3) is 0 Å². The Kier molecular flexibility index (Phi) is 4.90. The Balaban J connectivity index is 1.91. The lowest BCUT2D eigenvalue weighted by Gasteiger charge is -2.21. The summed E-state index contributed by atoms with van der Waals surface area (Å²) >= 11 is 0. The summed E-state index contributed by atoms with van der Waals surface area (Å²) in [5.41, 5.74) is 6.59. The first-order valence-corrected chi connectivity index (χ1v) is 6.68. The van der Waals surface area contributed by atoms with E-state index < -0.39 is 6.61 Å². The minimum absolute atomic E-state index is 0.00658. The van der Waals surface area contributed by atoms with E-state index in [4.69, 9.17) is 5.73 Å². The van der Waals surface area contributed by atoms with E-state index >= 15 is 0 Å². The van der Waals surface area contributed by atoms with Gasteiger partial charge in [-0.25, -0.2) is 0 Å². The van der Waals surface area contributed by atoms with Crippen LogP contribution in [-0.4, -0.2) is 30.5 Å². The lowest BCUT2D eigenvalue weighted by atomic mass is 10.1. The van der Waals surface area contributed by atoms with Crippen molar-refractivity contribution >= 4 is 5.91 Å². The highest BCUT2D eigenvalue weighted by atomic mass is 19.3. The van der Waals surface area contributed by atoms with Crippen molar-refractivity contribution in [3.63, 3.8) is 0 Å². The van der Waals surface area contributed by atoms with Crippen molar-refractivity contribution < 1.29 is 18.3 Å². The van der Waals surface area contributed by atoms with E-state index in [9.17, 15) is 13.6 Å². The number of nitrogens with zero attached hydrogens (tertiary/aromatic N) is 1. The molecule has 0 heterocycles. The summed E-state index contributed by atoms with van der Waals surface area (Å²) < 4.78 is 28.4. The number of carbonyl (C=O) groups is 1. The number of amides is 1. The number of ether oxygens (including phenoxy) is 1. The van der Waals surface area contributed by atoms with Crippen LogP contribution in [0, 0.1) is 5.92 Å². The molecule has 1 amide bonds. The smallest absolute Gasteiger partial charge is 0.387 e. The highest BCUT2D eigenvalue weighted by Crippen LogP contribution is 2.20. The van der Waals surface area contributed by atoms with Crippen molar-refractivity contribution in [3.8, 4) is 5.75 Å². The number of hydrogen-bond acceptors (Lipinski definition) is 3. The lowest BCUT2D eigenvalue weighted by Crippen LogP contribution is -2.32. The maximum Gasteiger partial charge on any atom is 0.387 e. The second-order valence-electron chi connectivity index (χ2n) is 5.11. The molecule has 4 nitrogen and oxygen atoms in total. The molecule has 0 aromatic heterocycles. The molecule has 0 aliphatic heterocycles. The third-order valence-corrected chi connectivity index (χ3v) is 3.38. The molecule has 0 saturated heterocycles. The van der Waals surface area contributed by atoms with Crippen molar-refractivity contribution in [2.75, 3.05) is 7.05 Å². The maximum atomic E-state index is 12.2. The standard InChI is InChI=1S/C15H18F2N2O2/c1-19(14(20)11-4-5-12(18)8-11)9-10-2-6-13(7-3-10)21-15(16)17/h2-7,11-12,15H,8-9,18H2,1H3. The number of benzene rings is 1. The molecule has 1 aromatic rings. The van der Waals surface area contributed by atoms with Gasteiger partial charge in [-0.05, 0) is 24.1 Å². The predicted octanol–water partition coefficient (Wildman–Crippen LogP) is 2.15. The summed E-state index contributed by atoms with van der Waals surface area (Å²) in [5.74, 6) is -0.0639. The largest absolute Gasteiger partial charge is 0.435 e. The van der Waals surface area contributed by atoms with Crippen LogP contribution in [0.3, 0.4) is 0 Å². The Morgan fingerprint density at radius 1 is 1.38 bits per heavy atom. The van der Waals surface area contributed by atoms with E-state index in [1.165, 1.54) is 12.1 Å². The molecule has 0 saturated carbocycles. The van der Waals surface area contributed by atoms with Gasteiger partial charge < -0.3 is 15.4 Å². The second kappa shape index (κ2) is 6.67. The van der Waals surface area contributed by atoms with E-state index in [-0.39, 0.29) is 23.6 Å². The highest BCUT2D eigenvalue weighted by molar-refractivity contribution is 5.81. The van der Waals surface area contributed by atoms with Gasteiger partial charge in [0.2, 0.25) is 5.91 Å². The summed E-state index contributed by atoms with van der Waals surface area (Å²) in [7, 11) is 1.71. The molecule has 0 spiro atoms. The Hall–Kier alpha value is -1.95. The summed E-state index contributed by atoms with van der Waals surface area (Å²) in [6, 6.07) is 6.20. The number of carbonyl (C=O) groups excluding carboxylic acids is 1. The van der Waals surface area contributed by atoms with Crippen LogP contribution in [-0.2, 0) is 11.3 Å². The van der Waals surface area contributed by atoms with Crippen LogP contribution in [0.2, 0.25) is 0 Å². The van der Waals surface area contributed by atoms with Gasteiger partial charge in [0.05, 0.1) is 5.92 Å². The molecule has 21 heavy (non-hydrogen) atoms. The summed E-state index contributed by atoms with van der Waals surface area (Å²) in [6.45, 7) is -2.42. The molecule has 0 fully saturated rings. The fourth-order valence-electron chi connectivity index (χ4n) is 2.32. The van der Waals surface area contributed by atoms with Crippen molar-refractivity contribution in [1.82, 2.24) is 4.90 Å². The third-order valence-electron chi connectivity index (χ3n) is 3.38. The van der Waals surface area contributed by atoms with Gasteiger partial charge in [0.15, 0.2) is 0 Å². The normalized spacial score (nSPS) is 20.8. The van der Waals surface area contributed by atoms with Crippen LogP contribution >= 0.6 is 0 Å². The predicted molar refractivity (Wildman–Crippen MR) is 74.8 cm³/mol. The van der Waals surface area contributed by atoms with Crippen molar-refractivity contribution in [2.24, 2.45) is 11.7 Å². The van der Waals surface area contributed by atoms with Crippen LogP contribution in [0.4, 0.5) is 8.78 Å². The van der Waals surface area contributed by atoms with Crippen LogP contribution in [0.1, 0.15) is 12.0 Å². The molecule has 114 valence electrons. The van der Waals surface area contributed by atoms with Gasteiger partial charge >= 0.3 is 6.61 Å². The molecule has 2 N–H and O–H groups in total. The zero-order valence-corrected chi connectivity index (χ0v) is 11.7. The molecule has 2 unspecified atom stereocenters. The number of halogens is 2. The van der Waals surface area contributed by atoms with Crippen molar-refractivity contribution in [3.05, 3.63) is 42.0 Å². The van der Waals surface area contributed by atoms with Crippen LogP contribution in [0.15, 0.2) is 36.4 Å². The van der Waals surface area contributed by atoms with Gasteiger partial charge in [-0.1, -0.05) is 24.3 Å². The van der Waals surface area contributed by atoms with Crippen molar-refractivity contribution in [1.29, 1.82) is 0 Å². The molecule has 6 heteroatoms.